The lowest BCUT2D eigenvalue weighted by Gasteiger charge is -2.30. The van der Waals surface area contributed by atoms with Gasteiger partial charge in [-0.05, 0) is 89.4 Å². The number of hydrogen-bond acceptors (Lipinski definition) is 8. The fourth-order valence-electron chi connectivity index (χ4n) is 6.77. The summed E-state index contributed by atoms with van der Waals surface area (Å²) in [6.45, 7) is 3.80. The summed E-state index contributed by atoms with van der Waals surface area (Å²) in [5.41, 5.74) is 1.30. The number of amides is 1. The smallest absolute Gasteiger partial charge is 0.224 e. The highest BCUT2D eigenvalue weighted by molar-refractivity contribution is 5.79. The van der Waals surface area contributed by atoms with Gasteiger partial charge >= 0.3 is 0 Å². The lowest BCUT2D eigenvalue weighted by atomic mass is 9.85. The maximum absolute atomic E-state index is 14.6. The first-order valence-electron chi connectivity index (χ1n) is 15.8. The van der Waals surface area contributed by atoms with E-state index in [2.05, 4.69) is 25.8 Å². The molecule has 3 aliphatic rings. The predicted octanol–water partition coefficient (Wildman–Crippen LogP) is 4.90. The summed E-state index contributed by atoms with van der Waals surface area (Å²) < 4.78 is 30.2. The summed E-state index contributed by atoms with van der Waals surface area (Å²) in [6.07, 6.45) is 11.3. The second-order valence-electron chi connectivity index (χ2n) is 12.3. The molecule has 6 rings (SSSR count). The number of nitrogens with zero attached hydrogens (tertiary/aromatic N) is 5. The monoisotopic (exact) mass is 596 g/mol. The number of likely N-dealkylation sites (tertiary alicyclic amines) is 1. The van der Waals surface area contributed by atoms with Gasteiger partial charge < -0.3 is 26.0 Å². The van der Waals surface area contributed by atoms with Gasteiger partial charge in [-0.2, -0.15) is 4.98 Å². The fourth-order valence-corrected chi connectivity index (χ4v) is 6.77. The van der Waals surface area contributed by atoms with E-state index < -0.39 is 11.6 Å². The molecule has 12 heteroatoms. The Morgan fingerprint density at radius 2 is 1.74 bits per heavy atom. The number of anilines is 3. The Hall–Kier alpha value is -3.38. The average molecular weight is 597 g/mol. The minimum absolute atomic E-state index is 0.0130. The van der Waals surface area contributed by atoms with Gasteiger partial charge in [-0.3, -0.25) is 9.36 Å². The largest absolute Gasteiger partial charge is 0.393 e. The van der Waals surface area contributed by atoms with E-state index in [0.29, 0.717) is 29.6 Å². The number of fused-ring (bicyclic) bond motifs is 1. The van der Waals surface area contributed by atoms with Gasteiger partial charge in [-0.25, -0.2) is 18.7 Å². The van der Waals surface area contributed by atoms with Crippen LogP contribution < -0.4 is 16.0 Å². The van der Waals surface area contributed by atoms with Gasteiger partial charge in [-0.1, -0.05) is 6.42 Å². The van der Waals surface area contributed by atoms with E-state index in [4.69, 9.17) is 9.97 Å². The highest BCUT2D eigenvalue weighted by Crippen LogP contribution is 2.37. The van der Waals surface area contributed by atoms with Crippen LogP contribution in [0.25, 0.3) is 11.2 Å². The van der Waals surface area contributed by atoms with Crippen LogP contribution in [0.4, 0.5) is 26.4 Å². The second-order valence-corrected chi connectivity index (χ2v) is 12.3. The Morgan fingerprint density at radius 3 is 2.49 bits per heavy atom. The number of hydrogen-bond donors (Lipinski definition) is 4. The topological polar surface area (TPSA) is 120 Å². The van der Waals surface area contributed by atoms with E-state index in [0.717, 1.165) is 77.1 Å². The molecule has 3 fully saturated rings. The molecular formula is C31H42F2N8O2. The van der Waals surface area contributed by atoms with Crippen molar-refractivity contribution >= 4 is 34.7 Å². The van der Waals surface area contributed by atoms with E-state index >= 15 is 0 Å². The Bertz CT molecular complexity index is 1400. The minimum atomic E-state index is -0.712. The first-order chi connectivity index (χ1) is 20.9. The van der Waals surface area contributed by atoms with Gasteiger partial charge in [-0.15, -0.1) is 0 Å². The first-order valence-corrected chi connectivity index (χ1v) is 15.8. The quantitative estimate of drug-likeness (QED) is 0.276. The number of rotatable bonds is 9. The third-order valence-corrected chi connectivity index (χ3v) is 9.25. The van der Waals surface area contributed by atoms with Crippen molar-refractivity contribution in [3.8, 4) is 0 Å². The van der Waals surface area contributed by atoms with Crippen molar-refractivity contribution in [2.24, 2.45) is 5.92 Å². The molecule has 3 aromatic rings. The van der Waals surface area contributed by atoms with Crippen LogP contribution in [0.1, 0.15) is 76.7 Å². The molecule has 0 radical (unpaired) electrons. The lowest BCUT2D eigenvalue weighted by Crippen LogP contribution is -2.40. The Kier molecular flexibility index (Phi) is 9.32. The summed E-state index contributed by atoms with van der Waals surface area (Å²) in [5.74, 6) is -0.410. The zero-order chi connectivity index (χ0) is 29.8. The molecule has 2 aromatic heterocycles. The number of carbonyl (C=O) groups excluding carboxylic acids is 1. The molecule has 10 nitrogen and oxygen atoms in total. The molecule has 1 saturated heterocycles. The molecule has 4 N–H and O–H groups in total. The molecule has 1 amide bonds. The number of nitrogens with one attached hydrogen (secondary N) is 3. The third-order valence-electron chi connectivity index (χ3n) is 9.25. The molecule has 0 bridgehead atoms. The van der Waals surface area contributed by atoms with Crippen LogP contribution in [0.15, 0.2) is 24.4 Å². The van der Waals surface area contributed by atoms with Crippen molar-refractivity contribution in [3.63, 3.8) is 0 Å². The Balaban J connectivity index is 1.18. The van der Waals surface area contributed by atoms with E-state index in [9.17, 15) is 18.7 Å². The van der Waals surface area contributed by atoms with E-state index in [1.54, 1.807) is 6.20 Å². The highest BCUT2D eigenvalue weighted by atomic mass is 19.1. The normalized spacial score (nSPS) is 25.0. The average Bonchev–Trinajstić information content (AvgIpc) is 3.37. The molecular weight excluding hydrogens is 554 g/mol. The van der Waals surface area contributed by atoms with Crippen LogP contribution >= 0.6 is 0 Å². The molecule has 1 aromatic carbocycles. The number of aliphatic hydroxyl groups is 1. The summed E-state index contributed by atoms with van der Waals surface area (Å²) >= 11 is 0. The SMILES string of the molecule is O=C(NCCN1CCCCC1)C1CCC(n2c(Nc3ccc(F)cc3F)nc3cnc(NC4CCC(O)CC4)nc32)CC1. The van der Waals surface area contributed by atoms with Crippen LogP contribution in [0.2, 0.25) is 0 Å². The maximum Gasteiger partial charge on any atom is 0.224 e. The van der Waals surface area contributed by atoms with E-state index in [1.165, 1.54) is 31.4 Å². The number of imidazole rings is 1. The molecule has 3 heterocycles. The van der Waals surface area contributed by atoms with Gasteiger partial charge in [0.05, 0.1) is 18.0 Å². The molecule has 2 aliphatic carbocycles. The van der Waals surface area contributed by atoms with Crippen molar-refractivity contribution in [1.82, 2.24) is 29.7 Å². The van der Waals surface area contributed by atoms with Gasteiger partial charge in [0.1, 0.15) is 17.2 Å². The number of carbonyl (C=O) groups is 1. The lowest BCUT2D eigenvalue weighted by molar-refractivity contribution is -0.126. The molecule has 232 valence electrons. The number of benzene rings is 1. The van der Waals surface area contributed by atoms with Crippen LogP contribution in [-0.4, -0.2) is 73.8 Å². The van der Waals surface area contributed by atoms with Crippen LogP contribution in [0.3, 0.4) is 0 Å². The summed E-state index contributed by atoms with van der Waals surface area (Å²) in [6, 6.07) is 3.56. The first kappa shape index (κ1) is 29.7. The Labute approximate surface area is 250 Å². The van der Waals surface area contributed by atoms with Crippen molar-refractivity contribution in [3.05, 3.63) is 36.0 Å². The minimum Gasteiger partial charge on any atom is -0.393 e. The van der Waals surface area contributed by atoms with Crippen LogP contribution in [-0.2, 0) is 4.79 Å². The van der Waals surface area contributed by atoms with E-state index in [-0.39, 0.29) is 35.7 Å². The molecule has 2 saturated carbocycles. The van der Waals surface area contributed by atoms with Gasteiger partial charge in [0.2, 0.25) is 17.8 Å². The van der Waals surface area contributed by atoms with Crippen LogP contribution in [0, 0.1) is 17.6 Å². The molecule has 43 heavy (non-hydrogen) atoms. The fraction of sp³-hybridized carbons (Fsp3) is 0.613. The van der Waals surface area contributed by atoms with Gasteiger partial charge in [0.25, 0.3) is 0 Å². The van der Waals surface area contributed by atoms with Crippen LogP contribution in [0.5, 0.6) is 0 Å². The summed E-state index contributed by atoms with van der Waals surface area (Å²) in [7, 11) is 0. The zero-order valence-electron chi connectivity index (χ0n) is 24.6. The number of aromatic nitrogens is 4. The predicted molar refractivity (Wildman–Crippen MR) is 161 cm³/mol. The number of aliphatic hydroxyl groups excluding tert-OH is 1. The standard InChI is InChI=1S/C31H42F2N8O2/c32-21-6-13-26(25(33)18-21)37-31-38-27-19-35-30(36-22-7-11-24(42)12-8-22)39-28(27)41(31)23-9-4-20(5-10-23)29(43)34-14-17-40-15-2-1-3-16-40/h6,13,18-20,22-24,42H,1-5,7-12,14-17H2,(H,34,43)(H,37,38)(H,35,36,39). The molecule has 0 atom stereocenters. The zero-order valence-corrected chi connectivity index (χ0v) is 24.6. The number of piperidine rings is 1. The molecule has 1 aliphatic heterocycles. The number of halogens is 2. The molecule has 0 spiro atoms. The van der Waals surface area contributed by atoms with Crippen molar-refractivity contribution in [2.45, 2.75) is 88.8 Å². The third kappa shape index (κ3) is 7.23. The van der Waals surface area contributed by atoms with Crippen molar-refractivity contribution in [1.29, 1.82) is 0 Å². The maximum atomic E-state index is 14.6. The van der Waals surface area contributed by atoms with Crippen molar-refractivity contribution in [2.75, 3.05) is 36.8 Å². The highest BCUT2D eigenvalue weighted by Gasteiger charge is 2.30. The Morgan fingerprint density at radius 1 is 0.977 bits per heavy atom. The van der Waals surface area contributed by atoms with Gasteiger partial charge in [0.15, 0.2) is 5.65 Å². The summed E-state index contributed by atoms with van der Waals surface area (Å²) in [4.78, 5) is 29.4. The second kappa shape index (κ2) is 13.5. The summed E-state index contributed by atoms with van der Waals surface area (Å²) in [5, 5.41) is 19.5. The molecule has 0 unspecified atom stereocenters. The van der Waals surface area contributed by atoms with Gasteiger partial charge in [0, 0.05) is 37.2 Å². The van der Waals surface area contributed by atoms with Crippen molar-refractivity contribution < 1.29 is 18.7 Å². The van der Waals surface area contributed by atoms with E-state index in [1.807, 2.05) is 4.57 Å².